The summed E-state index contributed by atoms with van der Waals surface area (Å²) in [4.78, 5) is 14.2. The van der Waals surface area contributed by atoms with Gasteiger partial charge >= 0.3 is 0 Å². The molecule has 4 heteroatoms. The third kappa shape index (κ3) is 1.66. The van der Waals surface area contributed by atoms with Gasteiger partial charge in [0.15, 0.2) is 0 Å². The summed E-state index contributed by atoms with van der Waals surface area (Å²) in [5.41, 5.74) is 0. The lowest BCUT2D eigenvalue weighted by atomic mass is 10.0. The van der Waals surface area contributed by atoms with Gasteiger partial charge in [-0.1, -0.05) is 0 Å². The molecule has 4 nitrogen and oxygen atoms in total. The standard InChI is InChI=1S/C11H18N2O2/c14-11(8-1-2-12-3-8)13-4-9-6-15-7-10(9)5-13/h8-10,12H,1-7H2/t8-,9-,10+/m1/s1. The summed E-state index contributed by atoms with van der Waals surface area (Å²) in [6.45, 7) is 5.45. The molecule has 0 aromatic carbocycles. The SMILES string of the molecule is O=C([C@@H]1CCNC1)N1C[C@H]2COC[C@H]2C1. The summed E-state index contributed by atoms with van der Waals surface area (Å²) in [6.07, 6.45) is 1.02. The van der Waals surface area contributed by atoms with E-state index in [-0.39, 0.29) is 5.92 Å². The molecule has 3 fully saturated rings. The summed E-state index contributed by atoms with van der Waals surface area (Å²) >= 11 is 0. The predicted octanol–water partition coefficient (Wildman–Crippen LogP) is -0.299. The lowest BCUT2D eigenvalue weighted by Crippen LogP contribution is -2.36. The minimum atomic E-state index is 0.241. The van der Waals surface area contributed by atoms with Gasteiger partial charge in [0.05, 0.1) is 19.1 Å². The average Bonchev–Trinajstić information content (AvgIpc) is 2.92. The van der Waals surface area contributed by atoms with E-state index in [9.17, 15) is 4.79 Å². The summed E-state index contributed by atoms with van der Waals surface area (Å²) in [6, 6.07) is 0. The maximum Gasteiger partial charge on any atom is 0.227 e. The lowest BCUT2D eigenvalue weighted by molar-refractivity contribution is -0.134. The number of carbonyl (C=O) groups excluding carboxylic acids is 1. The van der Waals surface area contributed by atoms with Crippen molar-refractivity contribution in [1.82, 2.24) is 10.2 Å². The first kappa shape index (κ1) is 9.60. The van der Waals surface area contributed by atoms with Crippen LogP contribution in [0.2, 0.25) is 0 Å². The molecule has 1 N–H and O–H groups in total. The molecule has 3 heterocycles. The second kappa shape index (κ2) is 3.76. The van der Waals surface area contributed by atoms with E-state index in [1.54, 1.807) is 0 Å². The van der Waals surface area contributed by atoms with Crippen molar-refractivity contribution in [2.75, 3.05) is 39.4 Å². The van der Waals surface area contributed by atoms with Crippen LogP contribution in [0.4, 0.5) is 0 Å². The number of hydrogen-bond donors (Lipinski definition) is 1. The molecule has 3 atom stereocenters. The van der Waals surface area contributed by atoms with Crippen molar-refractivity contribution in [3.63, 3.8) is 0 Å². The molecule has 0 aromatic rings. The van der Waals surface area contributed by atoms with Crippen LogP contribution in [-0.4, -0.2) is 50.2 Å². The highest BCUT2D eigenvalue weighted by atomic mass is 16.5. The largest absolute Gasteiger partial charge is 0.381 e. The molecule has 0 unspecified atom stereocenters. The molecule has 3 aliphatic heterocycles. The first-order valence-electron chi connectivity index (χ1n) is 5.92. The summed E-state index contributed by atoms with van der Waals surface area (Å²) in [5, 5.41) is 3.25. The molecule has 3 rings (SSSR count). The fourth-order valence-electron chi connectivity index (χ4n) is 2.99. The molecule has 0 radical (unpaired) electrons. The van der Waals surface area contributed by atoms with Gasteiger partial charge in [0, 0.05) is 31.5 Å². The number of likely N-dealkylation sites (tertiary alicyclic amines) is 1. The van der Waals surface area contributed by atoms with Crippen molar-refractivity contribution in [3.8, 4) is 0 Å². The topological polar surface area (TPSA) is 41.6 Å². The first-order chi connectivity index (χ1) is 7.34. The molecule has 0 aliphatic carbocycles. The fraction of sp³-hybridized carbons (Fsp3) is 0.909. The molecule has 0 aromatic heterocycles. The molecular formula is C11H18N2O2. The van der Waals surface area contributed by atoms with Gasteiger partial charge in [-0.3, -0.25) is 4.79 Å². The van der Waals surface area contributed by atoms with Crippen LogP contribution < -0.4 is 5.32 Å². The van der Waals surface area contributed by atoms with Crippen LogP contribution in [0, 0.1) is 17.8 Å². The molecule has 1 amide bonds. The normalized spacial score (nSPS) is 39.7. The molecule has 3 saturated heterocycles. The van der Waals surface area contributed by atoms with Gasteiger partial charge < -0.3 is 15.0 Å². The zero-order chi connectivity index (χ0) is 10.3. The number of nitrogens with zero attached hydrogens (tertiary/aromatic N) is 1. The van der Waals surface area contributed by atoms with Crippen LogP contribution >= 0.6 is 0 Å². The smallest absolute Gasteiger partial charge is 0.227 e. The third-order valence-corrected chi connectivity index (χ3v) is 3.96. The molecule has 0 spiro atoms. The van der Waals surface area contributed by atoms with E-state index in [1.165, 1.54) is 0 Å². The lowest BCUT2D eigenvalue weighted by Gasteiger charge is -2.20. The van der Waals surface area contributed by atoms with Gasteiger partial charge in [-0.25, -0.2) is 0 Å². The second-order valence-electron chi connectivity index (χ2n) is 4.99. The average molecular weight is 210 g/mol. The molecular weight excluding hydrogens is 192 g/mol. The van der Waals surface area contributed by atoms with Gasteiger partial charge in [0.2, 0.25) is 5.91 Å². The first-order valence-corrected chi connectivity index (χ1v) is 5.92. The second-order valence-corrected chi connectivity index (χ2v) is 4.99. The third-order valence-electron chi connectivity index (χ3n) is 3.96. The molecule has 0 saturated carbocycles. The van der Waals surface area contributed by atoms with Crippen LogP contribution in [0.1, 0.15) is 6.42 Å². The highest BCUT2D eigenvalue weighted by Crippen LogP contribution is 2.30. The zero-order valence-electron chi connectivity index (χ0n) is 8.95. The monoisotopic (exact) mass is 210 g/mol. The van der Waals surface area contributed by atoms with Gasteiger partial charge in [-0.2, -0.15) is 0 Å². The van der Waals surface area contributed by atoms with Crippen molar-refractivity contribution in [3.05, 3.63) is 0 Å². The van der Waals surface area contributed by atoms with Gasteiger partial charge in [-0.05, 0) is 13.0 Å². The van der Waals surface area contributed by atoms with Crippen LogP contribution in [-0.2, 0) is 9.53 Å². The Morgan fingerprint density at radius 2 is 2.00 bits per heavy atom. The van der Waals surface area contributed by atoms with Gasteiger partial charge in [-0.15, -0.1) is 0 Å². The Balaban J connectivity index is 1.61. The Labute approximate surface area is 90.0 Å². The summed E-state index contributed by atoms with van der Waals surface area (Å²) in [7, 11) is 0. The van der Waals surface area contributed by atoms with Crippen molar-refractivity contribution in [1.29, 1.82) is 0 Å². The number of nitrogens with one attached hydrogen (secondary N) is 1. The van der Waals surface area contributed by atoms with Crippen LogP contribution in [0.25, 0.3) is 0 Å². The van der Waals surface area contributed by atoms with Gasteiger partial charge in [0.1, 0.15) is 0 Å². The Bertz CT molecular complexity index is 251. The van der Waals surface area contributed by atoms with E-state index in [0.717, 1.165) is 45.8 Å². The van der Waals surface area contributed by atoms with E-state index in [2.05, 4.69) is 10.2 Å². The quantitative estimate of drug-likeness (QED) is 0.646. The number of hydrogen-bond acceptors (Lipinski definition) is 3. The van der Waals surface area contributed by atoms with E-state index in [4.69, 9.17) is 4.74 Å². The van der Waals surface area contributed by atoms with Crippen molar-refractivity contribution >= 4 is 5.91 Å². The number of amides is 1. The maximum atomic E-state index is 12.1. The minimum Gasteiger partial charge on any atom is -0.381 e. The van der Waals surface area contributed by atoms with Crippen molar-refractivity contribution in [2.45, 2.75) is 6.42 Å². The van der Waals surface area contributed by atoms with Crippen molar-refractivity contribution in [2.24, 2.45) is 17.8 Å². The molecule has 0 bridgehead atoms. The van der Waals surface area contributed by atoms with Crippen LogP contribution in [0.15, 0.2) is 0 Å². The molecule has 15 heavy (non-hydrogen) atoms. The Kier molecular flexibility index (Phi) is 2.41. The summed E-state index contributed by atoms with van der Waals surface area (Å²) in [5.74, 6) is 1.84. The predicted molar refractivity (Wildman–Crippen MR) is 55.4 cm³/mol. The number of ether oxygens (including phenoxy) is 1. The summed E-state index contributed by atoms with van der Waals surface area (Å²) < 4.78 is 5.41. The number of fused-ring (bicyclic) bond motifs is 1. The Hall–Kier alpha value is -0.610. The van der Waals surface area contributed by atoms with Crippen LogP contribution in [0.3, 0.4) is 0 Å². The van der Waals surface area contributed by atoms with Gasteiger partial charge in [0.25, 0.3) is 0 Å². The van der Waals surface area contributed by atoms with E-state index in [1.807, 2.05) is 0 Å². The number of carbonyl (C=O) groups is 1. The minimum absolute atomic E-state index is 0.241. The highest BCUT2D eigenvalue weighted by molar-refractivity contribution is 5.79. The molecule has 3 aliphatic rings. The Morgan fingerprint density at radius 1 is 1.27 bits per heavy atom. The van der Waals surface area contributed by atoms with E-state index < -0.39 is 0 Å². The maximum absolute atomic E-state index is 12.1. The highest BCUT2D eigenvalue weighted by Gasteiger charge is 2.40. The fourth-order valence-corrected chi connectivity index (χ4v) is 2.99. The van der Waals surface area contributed by atoms with Crippen LogP contribution in [0.5, 0.6) is 0 Å². The van der Waals surface area contributed by atoms with Crippen molar-refractivity contribution < 1.29 is 9.53 Å². The van der Waals surface area contributed by atoms with E-state index >= 15 is 0 Å². The van der Waals surface area contributed by atoms with E-state index in [0.29, 0.717) is 17.7 Å². The molecule has 84 valence electrons. The Morgan fingerprint density at radius 3 is 2.60 bits per heavy atom. The number of rotatable bonds is 1. The zero-order valence-corrected chi connectivity index (χ0v) is 8.95.